The maximum absolute atomic E-state index is 12.5. The second-order valence-electron chi connectivity index (χ2n) is 9.10. The average Bonchev–Trinajstić information content (AvgIpc) is 3.33. The van der Waals surface area contributed by atoms with Gasteiger partial charge in [-0.3, -0.25) is 9.69 Å². The second-order valence-corrected chi connectivity index (χ2v) is 10.5. The van der Waals surface area contributed by atoms with Gasteiger partial charge in [-0.25, -0.2) is 0 Å². The average molecular weight is 395 g/mol. The van der Waals surface area contributed by atoms with E-state index < -0.39 is 0 Å². The highest BCUT2D eigenvalue weighted by atomic mass is 32.1. The van der Waals surface area contributed by atoms with Crippen molar-refractivity contribution >= 4 is 17.2 Å². The number of aryl methyl sites for hydroxylation is 1. The van der Waals surface area contributed by atoms with Crippen LogP contribution in [0.25, 0.3) is 0 Å². The molecule has 1 amide bonds. The zero-order valence-corrected chi connectivity index (χ0v) is 17.6. The lowest BCUT2D eigenvalue weighted by Crippen LogP contribution is -2.41. The third-order valence-electron chi connectivity index (χ3n) is 6.97. The van der Waals surface area contributed by atoms with E-state index in [1.54, 1.807) is 0 Å². The van der Waals surface area contributed by atoms with Gasteiger partial charge in [0.25, 0.3) is 0 Å². The standard InChI is InChI=1S/C24H30N2OS/c1-17-6-9-20(28-17)16-26-12-10-24(11-13-26)15-18(14-23(27)25-19-7-8-19)21-4-2-3-5-22(21)24/h2-6,9,18-19H,7-8,10-16H2,1H3,(H,25,27)/t18-/m1/s1. The van der Waals surface area contributed by atoms with Crippen LogP contribution in [0, 0.1) is 6.92 Å². The maximum atomic E-state index is 12.5. The molecule has 1 N–H and O–H groups in total. The van der Waals surface area contributed by atoms with Gasteiger partial charge in [0.15, 0.2) is 0 Å². The predicted octanol–water partition coefficient (Wildman–Crippen LogP) is 4.75. The number of carbonyl (C=O) groups is 1. The van der Waals surface area contributed by atoms with Gasteiger partial charge in [-0.05, 0) is 86.7 Å². The highest BCUT2D eigenvalue weighted by Gasteiger charge is 2.45. The molecule has 1 spiro atoms. The summed E-state index contributed by atoms with van der Waals surface area (Å²) < 4.78 is 0. The molecule has 0 unspecified atom stereocenters. The molecule has 1 atom stereocenters. The van der Waals surface area contributed by atoms with E-state index in [0.29, 0.717) is 18.4 Å². The van der Waals surface area contributed by atoms with Crippen molar-refractivity contribution < 1.29 is 4.79 Å². The Bertz CT molecular complexity index is 861. The van der Waals surface area contributed by atoms with E-state index in [0.717, 1.165) is 38.9 Å². The Balaban J connectivity index is 1.28. The van der Waals surface area contributed by atoms with Gasteiger partial charge >= 0.3 is 0 Å². The Morgan fingerprint density at radius 1 is 1.18 bits per heavy atom. The molecule has 28 heavy (non-hydrogen) atoms. The maximum Gasteiger partial charge on any atom is 0.220 e. The highest BCUT2D eigenvalue weighted by molar-refractivity contribution is 7.11. The first-order valence-electron chi connectivity index (χ1n) is 10.8. The molecule has 1 aromatic carbocycles. The van der Waals surface area contributed by atoms with Crippen molar-refractivity contribution in [2.45, 2.75) is 69.4 Å². The number of likely N-dealkylation sites (tertiary alicyclic amines) is 1. The monoisotopic (exact) mass is 394 g/mol. The third-order valence-corrected chi connectivity index (χ3v) is 7.96. The van der Waals surface area contributed by atoms with Gasteiger partial charge in [0.2, 0.25) is 5.91 Å². The molecule has 2 aromatic rings. The molecule has 2 aliphatic carbocycles. The van der Waals surface area contributed by atoms with E-state index >= 15 is 0 Å². The van der Waals surface area contributed by atoms with Crippen LogP contribution in [-0.2, 0) is 16.8 Å². The van der Waals surface area contributed by atoms with Crippen molar-refractivity contribution in [3.05, 3.63) is 57.3 Å². The first-order valence-corrected chi connectivity index (χ1v) is 11.6. The van der Waals surface area contributed by atoms with Crippen LogP contribution in [0.15, 0.2) is 36.4 Å². The molecule has 1 aromatic heterocycles. The molecule has 3 aliphatic rings. The molecule has 1 saturated carbocycles. The summed E-state index contributed by atoms with van der Waals surface area (Å²) >= 11 is 1.92. The zero-order valence-electron chi connectivity index (χ0n) is 16.7. The van der Waals surface area contributed by atoms with Crippen LogP contribution in [0.2, 0.25) is 0 Å². The number of hydrogen-bond donors (Lipinski definition) is 1. The number of nitrogens with zero attached hydrogens (tertiary/aromatic N) is 1. The number of benzene rings is 1. The molecule has 5 rings (SSSR count). The molecule has 4 heteroatoms. The largest absolute Gasteiger partial charge is 0.353 e. The summed E-state index contributed by atoms with van der Waals surface area (Å²) in [7, 11) is 0. The lowest BCUT2D eigenvalue weighted by atomic mass is 9.73. The van der Waals surface area contributed by atoms with Crippen LogP contribution >= 0.6 is 11.3 Å². The van der Waals surface area contributed by atoms with Crippen molar-refractivity contribution in [2.24, 2.45) is 0 Å². The Morgan fingerprint density at radius 3 is 2.68 bits per heavy atom. The number of amides is 1. The number of carbonyl (C=O) groups excluding carboxylic acids is 1. The topological polar surface area (TPSA) is 32.3 Å². The Labute approximate surface area is 172 Å². The summed E-state index contributed by atoms with van der Waals surface area (Å²) in [5, 5.41) is 3.19. The van der Waals surface area contributed by atoms with Gasteiger partial charge in [-0.2, -0.15) is 0 Å². The van der Waals surface area contributed by atoms with E-state index in [9.17, 15) is 4.79 Å². The lowest BCUT2D eigenvalue weighted by molar-refractivity contribution is -0.121. The Hall–Kier alpha value is -1.65. The van der Waals surface area contributed by atoms with Crippen molar-refractivity contribution in [3.63, 3.8) is 0 Å². The van der Waals surface area contributed by atoms with Crippen LogP contribution in [-0.4, -0.2) is 29.9 Å². The molecule has 0 bridgehead atoms. The molecule has 1 saturated heterocycles. The number of rotatable bonds is 5. The van der Waals surface area contributed by atoms with Gasteiger partial charge in [-0.1, -0.05) is 24.3 Å². The van der Waals surface area contributed by atoms with Crippen LogP contribution in [0.5, 0.6) is 0 Å². The fraction of sp³-hybridized carbons (Fsp3) is 0.542. The Kier molecular flexibility index (Phi) is 4.80. The van der Waals surface area contributed by atoms with Gasteiger partial charge in [0, 0.05) is 28.8 Å². The molecule has 148 valence electrons. The minimum absolute atomic E-state index is 0.254. The molecular weight excluding hydrogens is 364 g/mol. The fourth-order valence-corrected chi connectivity index (χ4v) is 6.28. The van der Waals surface area contributed by atoms with E-state index in [2.05, 4.69) is 53.5 Å². The third kappa shape index (κ3) is 3.65. The summed E-state index contributed by atoms with van der Waals surface area (Å²) in [6.45, 7) is 5.59. The highest BCUT2D eigenvalue weighted by Crippen LogP contribution is 2.52. The first kappa shape index (κ1) is 18.4. The minimum Gasteiger partial charge on any atom is -0.353 e. The predicted molar refractivity (Wildman–Crippen MR) is 115 cm³/mol. The minimum atomic E-state index is 0.254. The summed E-state index contributed by atoms with van der Waals surface area (Å²) in [5.41, 5.74) is 3.25. The molecule has 1 aliphatic heterocycles. The molecule has 3 nitrogen and oxygen atoms in total. The van der Waals surface area contributed by atoms with Crippen LogP contribution in [0.4, 0.5) is 0 Å². The zero-order chi connectivity index (χ0) is 19.1. The van der Waals surface area contributed by atoms with Crippen LogP contribution in [0.3, 0.4) is 0 Å². The molecule has 2 heterocycles. The van der Waals surface area contributed by atoms with Crippen molar-refractivity contribution in [1.82, 2.24) is 10.2 Å². The smallest absolute Gasteiger partial charge is 0.220 e. The van der Waals surface area contributed by atoms with E-state index in [4.69, 9.17) is 0 Å². The molecule has 2 fully saturated rings. The number of thiophene rings is 1. The van der Waals surface area contributed by atoms with E-state index in [1.165, 1.54) is 33.7 Å². The second kappa shape index (κ2) is 7.31. The van der Waals surface area contributed by atoms with Gasteiger partial charge in [0.05, 0.1) is 0 Å². The van der Waals surface area contributed by atoms with Crippen molar-refractivity contribution in [3.8, 4) is 0 Å². The van der Waals surface area contributed by atoms with Gasteiger partial charge in [-0.15, -0.1) is 11.3 Å². The number of fused-ring (bicyclic) bond motifs is 2. The lowest BCUT2D eigenvalue weighted by Gasteiger charge is -2.40. The van der Waals surface area contributed by atoms with Crippen LogP contribution < -0.4 is 5.32 Å². The summed E-state index contributed by atoms with van der Waals surface area (Å²) in [5.74, 6) is 0.645. The summed E-state index contributed by atoms with van der Waals surface area (Å²) in [6, 6.07) is 13.9. The van der Waals surface area contributed by atoms with Gasteiger partial charge in [0.1, 0.15) is 0 Å². The van der Waals surface area contributed by atoms with Crippen LogP contribution in [0.1, 0.15) is 65.3 Å². The number of hydrogen-bond acceptors (Lipinski definition) is 3. The summed E-state index contributed by atoms with van der Waals surface area (Å²) in [4.78, 5) is 18.0. The quantitative estimate of drug-likeness (QED) is 0.794. The van der Waals surface area contributed by atoms with Crippen molar-refractivity contribution in [1.29, 1.82) is 0 Å². The SMILES string of the molecule is Cc1ccc(CN2CCC3(CC2)C[C@@H](CC(=O)NC2CC2)c2ccccc23)s1. The van der Waals surface area contributed by atoms with E-state index in [1.807, 2.05) is 11.3 Å². The van der Waals surface area contributed by atoms with Gasteiger partial charge < -0.3 is 5.32 Å². The normalized spacial score (nSPS) is 23.7. The number of piperidine rings is 1. The Morgan fingerprint density at radius 2 is 1.96 bits per heavy atom. The number of nitrogens with one attached hydrogen (secondary N) is 1. The fourth-order valence-electron chi connectivity index (χ4n) is 5.35. The molecular formula is C24H30N2OS. The molecule has 0 radical (unpaired) electrons. The van der Waals surface area contributed by atoms with Crippen molar-refractivity contribution in [2.75, 3.05) is 13.1 Å². The van der Waals surface area contributed by atoms with E-state index in [-0.39, 0.29) is 11.3 Å². The summed E-state index contributed by atoms with van der Waals surface area (Å²) in [6.07, 6.45) is 6.57. The first-order chi connectivity index (χ1) is 13.6.